The van der Waals surface area contributed by atoms with Crippen molar-refractivity contribution in [2.45, 2.75) is 26.1 Å². The normalized spacial score (nSPS) is 15.0. The molecule has 188 valence electrons. The molecule has 2 heterocycles. The Kier molecular flexibility index (Phi) is 7.54. The summed E-state index contributed by atoms with van der Waals surface area (Å²) in [6.07, 6.45) is 0.648. The second kappa shape index (κ2) is 11.0. The van der Waals surface area contributed by atoms with E-state index < -0.39 is 18.0 Å². The number of carbonyl (C=O) groups excluding carboxylic acids is 3. The molecule has 4 N–H and O–H groups in total. The third-order valence-electron chi connectivity index (χ3n) is 5.56. The molecule has 1 fully saturated rings. The Balaban J connectivity index is 1.39. The number of hydrogen-bond acceptors (Lipinski definition) is 7. The van der Waals surface area contributed by atoms with Gasteiger partial charge in [0.2, 0.25) is 11.8 Å². The first kappa shape index (κ1) is 24.8. The summed E-state index contributed by atoms with van der Waals surface area (Å²) in [6.45, 7) is 2.41. The molecule has 0 radical (unpaired) electrons. The number of amides is 3. The first-order valence-corrected chi connectivity index (χ1v) is 11.3. The van der Waals surface area contributed by atoms with Crippen molar-refractivity contribution in [1.82, 2.24) is 25.6 Å². The largest absolute Gasteiger partial charge is 0.442 e. The van der Waals surface area contributed by atoms with Crippen LogP contribution in [0.4, 0.5) is 14.9 Å². The van der Waals surface area contributed by atoms with E-state index in [1.165, 1.54) is 17.9 Å². The summed E-state index contributed by atoms with van der Waals surface area (Å²) in [7, 11) is 0. The molecule has 3 amide bonds. The van der Waals surface area contributed by atoms with Crippen LogP contribution in [-0.2, 0) is 27.4 Å². The van der Waals surface area contributed by atoms with Crippen LogP contribution in [0.5, 0.6) is 0 Å². The lowest BCUT2D eigenvalue weighted by Crippen LogP contribution is -2.33. The summed E-state index contributed by atoms with van der Waals surface area (Å²) in [5.74, 6) is -0.962. The fraction of sp³-hybridized carbons (Fsp3) is 0.292. The number of cyclic esters (lactones) is 1. The van der Waals surface area contributed by atoms with E-state index in [-0.39, 0.29) is 38.0 Å². The Hall–Kier alpha value is -4.32. The highest BCUT2D eigenvalue weighted by atomic mass is 19.1. The highest BCUT2D eigenvalue weighted by Gasteiger charge is 2.32. The molecule has 2 aromatic carbocycles. The van der Waals surface area contributed by atoms with Crippen LogP contribution in [0.2, 0.25) is 0 Å². The standard InChI is InChI=1S/C24H26FN7O4/c1-15(33)27-11-20-14-32(24(35)36-20)19-6-7-21(22(25)8-19)17-4-2-16(3-5-17)12-31-13-18(29-30-31)10-28-23(34)9-26/h2-8,13,20H,9-12,14,26H2,1H3,(H,27,33)(H,28,34). The molecular weight excluding hydrogens is 469 g/mol. The lowest BCUT2D eigenvalue weighted by atomic mass is 10.0. The third-order valence-corrected chi connectivity index (χ3v) is 5.56. The fourth-order valence-electron chi connectivity index (χ4n) is 3.74. The zero-order valence-electron chi connectivity index (χ0n) is 19.6. The first-order valence-electron chi connectivity index (χ1n) is 11.3. The minimum Gasteiger partial charge on any atom is -0.442 e. The molecule has 0 saturated carbocycles. The Morgan fingerprint density at radius 3 is 2.67 bits per heavy atom. The number of rotatable bonds is 9. The Morgan fingerprint density at radius 1 is 1.19 bits per heavy atom. The minimum atomic E-state index is -0.583. The highest BCUT2D eigenvalue weighted by molar-refractivity contribution is 5.90. The van der Waals surface area contributed by atoms with Crippen LogP contribution in [-0.4, -0.2) is 58.6 Å². The van der Waals surface area contributed by atoms with Gasteiger partial charge >= 0.3 is 6.09 Å². The number of anilines is 1. The van der Waals surface area contributed by atoms with Gasteiger partial charge in [0.05, 0.1) is 44.6 Å². The summed E-state index contributed by atoms with van der Waals surface area (Å²) in [6, 6.07) is 11.9. The molecule has 1 saturated heterocycles. The van der Waals surface area contributed by atoms with Gasteiger partial charge in [-0.15, -0.1) is 5.10 Å². The second-order valence-corrected chi connectivity index (χ2v) is 8.30. The number of hydrogen-bond donors (Lipinski definition) is 3. The average Bonchev–Trinajstić information content (AvgIpc) is 3.47. The van der Waals surface area contributed by atoms with Crippen molar-refractivity contribution >= 4 is 23.6 Å². The number of carbonyl (C=O) groups is 3. The zero-order chi connectivity index (χ0) is 25.7. The van der Waals surface area contributed by atoms with Crippen molar-refractivity contribution in [2.75, 3.05) is 24.5 Å². The summed E-state index contributed by atoms with van der Waals surface area (Å²) in [5.41, 5.74) is 8.26. The lowest BCUT2D eigenvalue weighted by Gasteiger charge is -2.14. The molecule has 1 unspecified atom stereocenters. The van der Waals surface area contributed by atoms with Crippen molar-refractivity contribution in [1.29, 1.82) is 0 Å². The molecule has 4 rings (SSSR count). The zero-order valence-corrected chi connectivity index (χ0v) is 19.6. The van der Waals surface area contributed by atoms with Crippen molar-refractivity contribution in [3.8, 4) is 11.1 Å². The maximum Gasteiger partial charge on any atom is 0.414 e. The van der Waals surface area contributed by atoms with Crippen LogP contribution >= 0.6 is 0 Å². The van der Waals surface area contributed by atoms with Crippen LogP contribution in [0.15, 0.2) is 48.7 Å². The van der Waals surface area contributed by atoms with Gasteiger partial charge in [-0.3, -0.25) is 14.5 Å². The number of ether oxygens (including phenoxy) is 1. The van der Waals surface area contributed by atoms with Gasteiger partial charge in [-0.05, 0) is 29.3 Å². The number of nitrogens with two attached hydrogens (primary N) is 1. The number of nitrogens with one attached hydrogen (secondary N) is 2. The number of halogens is 1. The first-order chi connectivity index (χ1) is 17.3. The van der Waals surface area contributed by atoms with Crippen molar-refractivity contribution in [2.24, 2.45) is 5.73 Å². The molecule has 36 heavy (non-hydrogen) atoms. The summed E-state index contributed by atoms with van der Waals surface area (Å²) < 4.78 is 21.9. The number of benzene rings is 2. The van der Waals surface area contributed by atoms with Crippen LogP contribution < -0.4 is 21.3 Å². The van der Waals surface area contributed by atoms with Gasteiger partial charge in [0.15, 0.2) is 0 Å². The van der Waals surface area contributed by atoms with Crippen LogP contribution in [0, 0.1) is 5.82 Å². The molecule has 0 aliphatic carbocycles. The molecule has 0 spiro atoms. The van der Waals surface area contributed by atoms with Gasteiger partial charge in [-0.25, -0.2) is 13.9 Å². The van der Waals surface area contributed by atoms with Gasteiger partial charge < -0.3 is 21.1 Å². The third kappa shape index (κ3) is 6.02. The molecule has 1 aliphatic rings. The monoisotopic (exact) mass is 495 g/mol. The van der Waals surface area contributed by atoms with E-state index in [0.29, 0.717) is 29.1 Å². The molecule has 1 aliphatic heterocycles. The van der Waals surface area contributed by atoms with E-state index in [2.05, 4.69) is 20.9 Å². The fourth-order valence-corrected chi connectivity index (χ4v) is 3.74. The smallest absolute Gasteiger partial charge is 0.414 e. The van der Waals surface area contributed by atoms with Crippen molar-refractivity contribution in [3.05, 3.63) is 65.7 Å². The van der Waals surface area contributed by atoms with E-state index in [9.17, 15) is 18.8 Å². The Morgan fingerprint density at radius 2 is 1.97 bits per heavy atom. The predicted molar refractivity (Wildman–Crippen MR) is 128 cm³/mol. The topological polar surface area (TPSA) is 144 Å². The Bertz CT molecular complexity index is 1260. The number of nitrogens with zero attached hydrogens (tertiary/aromatic N) is 4. The van der Waals surface area contributed by atoms with Crippen LogP contribution in [0.1, 0.15) is 18.2 Å². The highest BCUT2D eigenvalue weighted by Crippen LogP contribution is 2.29. The van der Waals surface area contributed by atoms with E-state index in [0.717, 1.165) is 5.56 Å². The minimum absolute atomic E-state index is 0.0883. The lowest BCUT2D eigenvalue weighted by molar-refractivity contribution is -0.120. The molecule has 12 heteroatoms. The SMILES string of the molecule is CC(=O)NCC1CN(c2ccc(-c3ccc(Cn4cc(CNC(=O)CN)nn4)cc3)c(F)c2)C(=O)O1. The van der Waals surface area contributed by atoms with Gasteiger partial charge in [0, 0.05) is 12.5 Å². The maximum atomic E-state index is 15.0. The molecular formula is C24H26FN7O4. The van der Waals surface area contributed by atoms with Gasteiger partial charge in [-0.2, -0.15) is 0 Å². The van der Waals surface area contributed by atoms with Crippen molar-refractivity contribution in [3.63, 3.8) is 0 Å². The van der Waals surface area contributed by atoms with Crippen LogP contribution in [0.25, 0.3) is 11.1 Å². The van der Waals surface area contributed by atoms with E-state index in [4.69, 9.17) is 10.5 Å². The maximum absolute atomic E-state index is 15.0. The molecule has 1 aromatic heterocycles. The quantitative estimate of drug-likeness (QED) is 0.404. The summed E-state index contributed by atoms with van der Waals surface area (Å²) in [4.78, 5) is 35.9. The Labute approximate surface area is 206 Å². The van der Waals surface area contributed by atoms with Gasteiger partial charge in [0.1, 0.15) is 17.6 Å². The van der Waals surface area contributed by atoms with Gasteiger partial charge in [0.25, 0.3) is 0 Å². The summed E-state index contributed by atoms with van der Waals surface area (Å²) >= 11 is 0. The van der Waals surface area contributed by atoms with E-state index in [1.54, 1.807) is 35.1 Å². The second-order valence-electron chi connectivity index (χ2n) is 8.30. The molecule has 0 bridgehead atoms. The van der Waals surface area contributed by atoms with E-state index in [1.807, 2.05) is 12.1 Å². The molecule has 3 aromatic rings. The molecule has 1 atom stereocenters. The van der Waals surface area contributed by atoms with Crippen LogP contribution in [0.3, 0.4) is 0 Å². The van der Waals surface area contributed by atoms with E-state index >= 15 is 0 Å². The summed E-state index contributed by atoms with van der Waals surface area (Å²) in [5, 5.41) is 13.3. The van der Waals surface area contributed by atoms with Crippen molar-refractivity contribution < 1.29 is 23.5 Å². The number of aromatic nitrogens is 3. The van der Waals surface area contributed by atoms with Gasteiger partial charge in [-0.1, -0.05) is 29.5 Å². The predicted octanol–water partition coefficient (Wildman–Crippen LogP) is 1.17. The average molecular weight is 496 g/mol. The molecule has 11 nitrogen and oxygen atoms in total.